The van der Waals surface area contributed by atoms with Crippen LogP contribution in [0.4, 0.5) is 4.79 Å². The number of benzene rings is 1. The molecule has 0 aliphatic carbocycles. The largest absolute Gasteiger partial charge is 0.480 e. The number of carboxylic acids is 1. The fourth-order valence-corrected chi connectivity index (χ4v) is 2.51. The third kappa shape index (κ3) is 4.45. The van der Waals surface area contributed by atoms with Crippen LogP contribution in [0.2, 0.25) is 0 Å². The first kappa shape index (κ1) is 17.7. The van der Waals surface area contributed by atoms with Gasteiger partial charge in [-0.1, -0.05) is 30.3 Å². The number of carbonyl (C=O) groups is 3. The Morgan fingerprint density at radius 2 is 2.00 bits per heavy atom. The lowest BCUT2D eigenvalue weighted by atomic mass is 10.2. The SMILES string of the molecule is O=C(O)[C@@H](CO)NC(=O)[C@@H]1CCCN1C(=O)OCc1ccccc1. The van der Waals surface area contributed by atoms with E-state index in [4.69, 9.17) is 14.9 Å². The van der Waals surface area contributed by atoms with Gasteiger partial charge in [-0.15, -0.1) is 0 Å². The van der Waals surface area contributed by atoms with E-state index in [1.165, 1.54) is 4.90 Å². The number of aliphatic hydroxyl groups excluding tert-OH is 1. The second-order valence-electron chi connectivity index (χ2n) is 5.47. The molecule has 1 aliphatic rings. The molecule has 1 aromatic carbocycles. The molecule has 0 bridgehead atoms. The Hall–Kier alpha value is -2.61. The minimum absolute atomic E-state index is 0.0961. The van der Waals surface area contributed by atoms with Gasteiger partial charge >= 0.3 is 12.1 Å². The molecule has 24 heavy (non-hydrogen) atoms. The molecule has 1 fully saturated rings. The van der Waals surface area contributed by atoms with Crippen molar-refractivity contribution in [2.75, 3.05) is 13.2 Å². The zero-order valence-electron chi connectivity index (χ0n) is 13.1. The maximum Gasteiger partial charge on any atom is 0.410 e. The molecular formula is C16H20N2O6. The normalized spacial score (nSPS) is 18.0. The topological polar surface area (TPSA) is 116 Å². The number of hydrogen-bond donors (Lipinski definition) is 3. The van der Waals surface area contributed by atoms with Crippen molar-refractivity contribution in [2.45, 2.75) is 31.5 Å². The maximum atomic E-state index is 12.2. The van der Waals surface area contributed by atoms with Crippen molar-refractivity contribution >= 4 is 18.0 Å². The van der Waals surface area contributed by atoms with E-state index in [9.17, 15) is 14.4 Å². The van der Waals surface area contributed by atoms with Crippen molar-refractivity contribution in [3.8, 4) is 0 Å². The van der Waals surface area contributed by atoms with Crippen molar-refractivity contribution in [1.29, 1.82) is 0 Å². The van der Waals surface area contributed by atoms with Gasteiger partial charge in [0, 0.05) is 6.54 Å². The molecule has 0 unspecified atom stereocenters. The molecule has 1 aliphatic heterocycles. The summed E-state index contributed by atoms with van der Waals surface area (Å²) in [6.45, 7) is -0.256. The number of aliphatic hydroxyl groups is 1. The molecule has 1 heterocycles. The van der Waals surface area contributed by atoms with E-state index >= 15 is 0 Å². The first-order chi connectivity index (χ1) is 11.5. The molecule has 3 N–H and O–H groups in total. The molecule has 8 heteroatoms. The van der Waals surface area contributed by atoms with Gasteiger partial charge < -0.3 is 20.3 Å². The molecule has 8 nitrogen and oxygen atoms in total. The number of ether oxygens (including phenoxy) is 1. The van der Waals surface area contributed by atoms with E-state index in [-0.39, 0.29) is 6.61 Å². The van der Waals surface area contributed by atoms with Gasteiger partial charge in [-0.3, -0.25) is 9.69 Å². The summed E-state index contributed by atoms with van der Waals surface area (Å²) >= 11 is 0. The Morgan fingerprint density at radius 1 is 1.29 bits per heavy atom. The monoisotopic (exact) mass is 336 g/mol. The number of likely N-dealkylation sites (tertiary alicyclic amines) is 1. The zero-order chi connectivity index (χ0) is 17.5. The van der Waals surface area contributed by atoms with Crippen LogP contribution in [-0.4, -0.2) is 58.3 Å². The summed E-state index contributed by atoms with van der Waals surface area (Å²) in [7, 11) is 0. The number of hydrogen-bond acceptors (Lipinski definition) is 5. The predicted octanol–water partition coefficient (Wildman–Crippen LogP) is 0.349. The summed E-state index contributed by atoms with van der Waals surface area (Å²) in [4.78, 5) is 36.5. The highest BCUT2D eigenvalue weighted by molar-refractivity contribution is 5.89. The first-order valence-electron chi connectivity index (χ1n) is 7.64. The Kier molecular flexibility index (Phi) is 6.14. The molecule has 0 aromatic heterocycles. The van der Waals surface area contributed by atoms with Gasteiger partial charge in [-0.25, -0.2) is 9.59 Å². The standard InChI is InChI=1S/C16H20N2O6/c19-9-12(15(21)22)17-14(20)13-7-4-8-18(13)16(23)24-10-11-5-2-1-3-6-11/h1-3,5-6,12-13,19H,4,7-10H2,(H,17,20)(H,21,22)/t12-,13+/m1/s1. The fraction of sp³-hybridized carbons (Fsp3) is 0.438. The van der Waals surface area contributed by atoms with Crippen molar-refractivity contribution in [3.05, 3.63) is 35.9 Å². The molecule has 2 rings (SSSR count). The van der Waals surface area contributed by atoms with Crippen LogP contribution in [0.15, 0.2) is 30.3 Å². The van der Waals surface area contributed by atoms with Gasteiger partial charge in [-0.05, 0) is 18.4 Å². The molecule has 2 amide bonds. The van der Waals surface area contributed by atoms with Crippen LogP contribution in [-0.2, 0) is 20.9 Å². The molecule has 0 radical (unpaired) electrons. The first-order valence-corrected chi connectivity index (χ1v) is 7.64. The number of nitrogens with one attached hydrogen (secondary N) is 1. The van der Waals surface area contributed by atoms with Crippen LogP contribution in [0, 0.1) is 0 Å². The molecule has 2 atom stereocenters. The number of aliphatic carboxylic acids is 1. The second-order valence-corrected chi connectivity index (χ2v) is 5.47. The van der Waals surface area contributed by atoms with E-state index < -0.39 is 36.7 Å². The van der Waals surface area contributed by atoms with Crippen LogP contribution in [0.5, 0.6) is 0 Å². The summed E-state index contributed by atoms with van der Waals surface area (Å²) < 4.78 is 5.21. The van der Waals surface area contributed by atoms with Crippen LogP contribution < -0.4 is 5.32 Å². The van der Waals surface area contributed by atoms with Gasteiger partial charge in [0.2, 0.25) is 5.91 Å². The fourth-order valence-electron chi connectivity index (χ4n) is 2.51. The minimum Gasteiger partial charge on any atom is -0.480 e. The Morgan fingerprint density at radius 3 is 2.62 bits per heavy atom. The summed E-state index contributed by atoms with van der Waals surface area (Å²) in [6.07, 6.45) is 0.423. The minimum atomic E-state index is -1.39. The van der Waals surface area contributed by atoms with Crippen LogP contribution >= 0.6 is 0 Å². The molecule has 1 aromatic rings. The zero-order valence-corrected chi connectivity index (χ0v) is 13.1. The van der Waals surface area contributed by atoms with Gasteiger partial charge in [0.15, 0.2) is 0 Å². The van der Waals surface area contributed by atoms with Crippen LogP contribution in [0.3, 0.4) is 0 Å². The van der Waals surface area contributed by atoms with Crippen molar-refractivity contribution < 1.29 is 29.3 Å². The van der Waals surface area contributed by atoms with Crippen LogP contribution in [0.25, 0.3) is 0 Å². The Balaban J connectivity index is 1.92. The highest BCUT2D eigenvalue weighted by Gasteiger charge is 2.36. The highest BCUT2D eigenvalue weighted by Crippen LogP contribution is 2.19. The van der Waals surface area contributed by atoms with E-state index in [2.05, 4.69) is 5.32 Å². The summed E-state index contributed by atoms with van der Waals surface area (Å²) in [5, 5.41) is 20.1. The molecule has 1 saturated heterocycles. The smallest absolute Gasteiger partial charge is 0.410 e. The van der Waals surface area contributed by atoms with E-state index in [0.29, 0.717) is 19.4 Å². The molecule has 130 valence electrons. The van der Waals surface area contributed by atoms with Gasteiger partial charge in [0.05, 0.1) is 6.61 Å². The average Bonchev–Trinajstić information content (AvgIpc) is 3.08. The quantitative estimate of drug-likeness (QED) is 0.690. The summed E-state index contributed by atoms with van der Waals surface area (Å²) in [5.74, 6) is -1.94. The lowest BCUT2D eigenvalue weighted by molar-refractivity contribution is -0.143. The number of amides is 2. The second kappa shape index (κ2) is 8.30. The lowest BCUT2D eigenvalue weighted by Crippen LogP contribution is -2.52. The van der Waals surface area contributed by atoms with Gasteiger partial charge in [0.1, 0.15) is 18.7 Å². The van der Waals surface area contributed by atoms with Crippen molar-refractivity contribution in [3.63, 3.8) is 0 Å². The van der Waals surface area contributed by atoms with E-state index in [0.717, 1.165) is 5.56 Å². The lowest BCUT2D eigenvalue weighted by Gasteiger charge is -2.24. The van der Waals surface area contributed by atoms with Crippen LogP contribution in [0.1, 0.15) is 18.4 Å². The third-order valence-electron chi connectivity index (χ3n) is 3.79. The van der Waals surface area contributed by atoms with Gasteiger partial charge in [0.25, 0.3) is 0 Å². The summed E-state index contributed by atoms with van der Waals surface area (Å²) in [6, 6.07) is 6.97. The Bertz CT molecular complexity index is 591. The molecule has 0 spiro atoms. The number of nitrogens with zero attached hydrogens (tertiary/aromatic N) is 1. The van der Waals surface area contributed by atoms with Gasteiger partial charge in [-0.2, -0.15) is 0 Å². The third-order valence-corrected chi connectivity index (χ3v) is 3.79. The van der Waals surface area contributed by atoms with Crippen molar-refractivity contribution in [2.24, 2.45) is 0 Å². The Labute approximate surface area is 139 Å². The van der Waals surface area contributed by atoms with E-state index in [1.54, 1.807) is 0 Å². The number of carbonyl (C=O) groups excluding carboxylic acids is 2. The highest BCUT2D eigenvalue weighted by atomic mass is 16.6. The predicted molar refractivity (Wildman–Crippen MR) is 83.0 cm³/mol. The number of carboxylic acid groups (broad SMARTS) is 1. The summed E-state index contributed by atoms with van der Waals surface area (Å²) in [5.41, 5.74) is 0.831. The molecule has 0 saturated carbocycles. The average molecular weight is 336 g/mol. The van der Waals surface area contributed by atoms with E-state index in [1.807, 2.05) is 30.3 Å². The van der Waals surface area contributed by atoms with Crippen molar-refractivity contribution in [1.82, 2.24) is 10.2 Å². The number of rotatable bonds is 6. The maximum absolute atomic E-state index is 12.2. The molecular weight excluding hydrogens is 316 g/mol.